The topological polar surface area (TPSA) is 35.5 Å². The Morgan fingerprint density at radius 2 is 1.62 bits per heavy atom. The molecule has 0 saturated carbocycles. The molecule has 0 unspecified atom stereocenters. The molecule has 0 amide bonds. The zero-order chi connectivity index (χ0) is 10.7. The monoisotopic (exact) mass is 188 g/mol. The van der Waals surface area contributed by atoms with Crippen LogP contribution in [0.2, 0.25) is 0 Å². The van der Waals surface area contributed by atoms with Crippen molar-refractivity contribution in [2.45, 2.75) is 52.7 Å². The molecule has 0 aliphatic carbocycles. The van der Waals surface area contributed by atoms with Crippen LogP contribution in [-0.4, -0.2) is 23.8 Å². The van der Waals surface area contributed by atoms with E-state index in [1.165, 1.54) is 6.92 Å². The van der Waals surface area contributed by atoms with E-state index in [9.17, 15) is 4.79 Å². The number of carbonyl (C=O) groups is 1. The molecule has 0 heterocycles. The minimum Gasteiger partial charge on any atom is -0.457 e. The average Bonchev–Trinajstić information content (AvgIpc) is 1.79. The van der Waals surface area contributed by atoms with E-state index >= 15 is 0 Å². The summed E-state index contributed by atoms with van der Waals surface area (Å²) < 4.78 is 10.6. The maximum Gasteiger partial charge on any atom is 0.303 e. The lowest BCUT2D eigenvalue weighted by Gasteiger charge is -2.29. The molecule has 0 fully saturated rings. The zero-order valence-corrected chi connectivity index (χ0v) is 9.43. The highest BCUT2D eigenvalue weighted by Gasteiger charge is 2.24. The van der Waals surface area contributed by atoms with Crippen LogP contribution in [0.3, 0.4) is 0 Å². The Kier molecular flexibility index (Phi) is 3.91. The van der Waals surface area contributed by atoms with E-state index < -0.39 is 5.60 Å². The van der Waals surface area contributed by atoms with Crippen LogP contribution in [0.25, 0.3) is 0 Å². The minimum atomic E-state index is -0.543. The first-order valence-corrected chi connectivity index (χ1v) is 4.46. The van der Waals surface area contributed by atoms with Crippen molar-refractivity contribution >= 4 is 5.97 Å². The van der Waals surface area contributed by atoms with Crippen molar-refractivity contribution in [1.82, 2.24) is 0 Å². The van der Waals surface area contributed by atoms with Gasteiger partial charge in [0.1, 0.15) is 5.60 Å². The Morgan fingerprint density at radius 3 is 1.92 bits per heavy atom. The van der Waals surface area contributed by atoms with Crippen molar-refractivity contribution in [2.75, 3.05) is 6.61 Å². The first-order chi connectivity index (χ1) is 5.62. The molecular weight excluding hydrogens is 168 g/mol. The zero-order valence-electron chi connectivity index (χ0n) is 9.43. The summed E-state index contributed by atoms with van der Waals surface area (Å²) in [5.41, 5.74) is -0.740. The molecule has 0 aromatic heterocycles. The summed E-state index contributed by atoms with van der Waals surface area (Å²) >= 11 is 0. The van der Waals surface area contributed by atoms with Crippen LogP contribution in [0.1, 0.15) is 41.5 Å². The Labute approximate surface area is 80.4 Å². The van der Waals surface area contributed by atoms with E-state index in [1.807, 2.05) is 34.6 Å². The number of hydrogen-bond acceptors (Lipinski definition) is 3. The highest BCUT2D eigenvalue weighted by molar-refractivity contribution is 5.66. The van der Waals surface area contributed by atoms with Crippen LogP contribution >= 0.6 is 0 Å². The first kappa shape index (κ1) is 12.4. The summed E-state index contributed by atoms with van der Waals surface area (Å²) in [7, 11) is 0. The molecule has 0 aliphatic heterocycles. The van der Waals surface area contributed by atoms with Gasteiger partial charge in [-0.05, 0) is 34.6 Å². The second-order valence-corrected chi connectivity index (χ2v) is 4.75. The van der Waals surface area contributed by atoms with Gasteiger partial charge in [-0.1, -0.05) is 0 Å². The SMILES string of the molecule is CC(=O)OC(C)(C)COC(C)(C)C. The third kappa shape index (κ3) is 7.78. The molecule has 0 atom stereocenters. The number of esters is 1. The summed E-state index contributed by atoms with van der Waals surface area (Å²) in [6.07, 6.45) is 0. The molecular formula is C10H20O3. The Hall–Kier alpha value is -0.570. The maximum absolute atomic E-state index is 10.7. The van der Waals surface area contributed by atoms with Gasteiger partial charge < -0.3 is 9.47 Å². The molecule has 13 heavy (non-hydrogen) atoms. The highest BCUT2D eigenvalue weighted by atomic mass is 16.6. The lowest BCUT2D eigenvalue weighted by molar-refractivity contribution is -0.164. The van der Waals surface area contributed by atoms with Crippen LogP contribution in [0, 0.1) is 0 Å². The van der Waals surface area contributed by atoms with Crippen LogP contribution in [0.15, 0.2) is 0 Å². The van der Waals surface area contributed by atoms with Gasteiger partial charge in [-0.2, -0.15) is 0 Å². The summed E-state index contributed by atoms with van der Waals surface area (Å²) in [4.78, 5) is 10.7. The van der Waals surface area contributed by atoms with Gasteiger partial charge in [-0.25, -0.2) is 0 Å². The predicted octanol–water partition coefficient (Wildman–Crippen LogP) is 2.14. The second kappa shape index (κ2) is 4.09. The molecule has 3 nitrogen and oxygen atoms in total. The van der Waals surface area contributed by atoms with Gasteiger partial charge >= 0.3 is 5.97 Å². The lowest BCUT2D eigenvalue weighted by atomic mass is 10.1. The molecule has 78 valence electrons. The van der Waals surface area contributed by atoms with Crippen molar-refractivity contribution < 1.29 is 14.3 Å². The van der Waals surface area contributed by atoms with Gasteiger partial charge in [0.05, 0.1) is 12.2 Å². The summed E-state index contributed by atoms with van der Waals surface area (Å²) in [5.74, 6) is -0.275. The molecule has 0 bridgehead atoms. The van der Waals surface area contributed by atoms with E-state index in [0.29, 0.717) is 6.61 Å². The summed E-state index contributed by atoms with van der Waals surface area (Å²) in [6.45, 7) is 11.4. The molecule has 0 saturated heterocycles. The standard InChI is InChI=1S/C10H20O3/c1-8(11)13-10(5,6)7-12-9(2,3)4/h7H2,1-6H3. The molecule has 0 radical (unpaired) electrons. The molecule has 0 spiro atoms. The minimum absolute atomic E-state index is 0.197. The molecule has 0 rings (SSSR count). The number of carbonyl (C=O) groups excluding carboxylic acids is 1. The predicted molar refractivity (Wildman–Crippen MR) is 51.6 cm³/mol. The fourth-order valence-electron chi connectivity index (χ4n) is 0.809. The molecule has 0 N–H and O–H groups in total. The molecule has 0 aromatic rings. The molecule has 0 aromatic carbocycles. The average molecular weight is 188 g/mol. The summed E-state index contributed by atoms with van der Waals surface area (Å²) in [6, 6.07) is 0. The fourth-order valence-corrected chi connectivity index (χ4v) is 0.809. The maximum atomic E-state index is 10.7. The van der Waals surface area contributed by atoms with Crippen LogP contribution in [0.5, 0.6) is 0 Å². The number of ether oxygens (including phenoxy) is 2. The number of hydrogen-bond donors (Lipinski definition) is 0. The van der Waals surface area contributed by atoms with Crippen molar-refractivity contribution in [1.29, 1.82) is 0 Å². The van der Waals surface area contributed by atoms with E-state index in [4.69, 9.17) is 9.47 Å². The normalized spacial score (nSPS) is 12.8. The van der Waals surface area contributed by atoms with E-state index in [0.717, 1.165) is 0 Å². The van der Waals surface area contributed by atoms with Crippen LogP contribution < -0.4 is 0 Å². The van der Waals surface area contributed by atoms with Gasteiger partial charge in [0.2, 0.25) is 0 Å². The van der Waals surface area contributed by atoms with E-state index in [2.05, 4.69) is 0 Å². The van der Waals surface area contributed by atoms with Crippen LogP contribution in [0.4, 0.5) is 0 Å². The second-order valence-electron chi connectivity index (χ2n) is 4.75. The number of rotatable bonds is 3. The van der Waals surface area contributed by atoms with Gasteiger partial charge in [-0.15, -0.1) is 0 Å². The van der Waals surface area contributed by atoms with Crippen molar-refractivity contribution in [3.05, 3.63) is 0 Å². The van der Waals surface area contributed by atoms with Crippen molar-refractivity contribution in [3.63, 3.8) is 0 Å². The van der Waals surface area contributed by atoms with Gasteiger partial charge in [0.25, 0.3) is 0 Å². The van der Waals surface area contributed by atoms with Crippen molar-refractivity contribution in [3.8, 4) is 0 Å². The fraction of sp³-hybridized carbons (Fsp3) is 0.900. The highest BCUT2D eigenvalue weighted by Crippen LogP contribution is 2.15. The molecule has 3 heteroatoms. The molecule has 0 aliphatic rings. The first-order valence-electron chi connectivity index (χ1n) is 4.46. The van der Waals surface area contributed by atoms with Gasteiger partial charge in [-0.3, -0.25) is 4.79 Å². The summed E-state index contributed by atoms with van der Waals surface area (Å²) in [5, 5.41) is 0. The van der Waals surface area contributed by atoms with E-state index in [1.54, 1.807) is 0 Å². The van der Waals surface area contributed by atoms with Gasteiger partial charge in [0.15, 0.2) is 0 Å². The van der Waals surface area contributed by atoms with Crippen molar-refractivity contribution in [2.24, 2.45) is 0 Å². The quantitative estimate of drug-likeness (QED) is 0.636. The third-order valence-electron chi connectivity index (χ3n) is 1.27. The van der Waals surface area contributed by atoms with Crippen LogP contribution in [-0.2, 0) is 14.3 Å². The Balaban J connectivity index is 3.96. The third-order valence-corrected chi connectivity index (χ3v) is 1.27. The Morgan fingerprint density at radius 1 is 1.15 bits per heavy atom. The lowest BCUT2D eigenvalue weighted by Crippen LogP contribution is -2.36. The van der Waals surface area contributed by atoms with Gasteiger partial charge in [0, 0.05) is 6.92 Å². The Bertz CT molecular complexity index is 177. The van der Waals surface area contributed by atoms with E-state index in [-0.39, 0.29) is 11.6 Å². The smallest absolute Gasteiger partial charge is 0.303 e. The largest absolute Gasteiger partial charge is 0.457 e.